The van der Waals surface area contributed by atoms with Crippen molar-refractivity contribution in [1.29, 1.82) is 0 Å². The van der Waals surface area contributed by atoms with Crippen LogP contribution in [0.5, 0.6) is 0 Å². The van der Waals surface area contributed by atoms with Crippen LogP contribution in [-0.2, 0) is 4.74 Å². The van der Waals surface area contributed by atoms with Crippen molar-refractivity contribution in [1.82, 2.24) is 9.88 Å². The first-order chi connectivity index (χ1) is 11.0. The molecule has 0 saturated carbocycles. The summed E-state index contributed by atoms with van der Waals surface area (Å²) < 4.78 is 5.86. The molecule has 2 aromatic heterocycles. The molecule has 1 aliphatic heterocycles. The van der Waals surface area contributed by atoms with Crippen molar-refractivity contribution < 1.29 is 9.53 Å². The molecule has 0 radical (unpaired) electrons. The number of morpholine rings is 1. The first-order valence-corrected chi connectivity index (χ1v) is 8.84. The van der Waals surface area contributed by atoms with Gasteiger partial charge in [0, 0.05) is 28.7 Å². The van der Waals surface area contributed by atoms with Crippen molar-refractivity contribution in [3.63, 3.8) is 0 Å². The highest BCUT2D eigenvalue weighted by Crippen LogP contribution is 2.27. The number of carbonyl (C=O) groups excluding carboxylic acids is 1. The first-order valence-electron chi connectivity index (χ1n) is 7.96. The Hall–Kier alpha value is -1.72. The fraction of sp³-hybridized carbons (Fsp3) is 0.444. The normalized spacial score (nSPS) is 18.4. The number of carbonyl (C=O) groups is 1. The molecule has 0 N–H and O–H groups in total. The Labute approximate surface area is 141 Å². The van der Waals surface area contributed by atoms with Crippen LogP contribution in [0, 0.1) is 6.92 Å². The van der Waals surface area contributed by atoms with Crippen molar-refractivity contribution in [3.05, 3.63) is 51.5 Å². The molecule has 0 aromatic carbocycles. The molecule has 0 unspecified atom stereocenters. The SMILES string of the molecule is Cc1cc([C@H]2CN(C(=O)c3csc(C(C)C)c3)CCO2)ccn1. The largest absolute Gasteiger partial charge is 0.370 e. The molecule has 122 valence electrons. The summed E-state index contributed by atoms with van der Waals surface area (Å²) in [5, 5.41) is 1.97. The van der Waals surface area contributed by atoms with E-state index >= 15 is 0 Å². The van der Waals surface area contributed by atoms with Gasteiger partial charge in [0.15, 0.2) is 0 Å². The van der Waals surface area contributed by atoms with Gasteiger partial charge in [0.2, 0.25) is 0 Å². The molecule has 23 heavy (non-hydrogen) atoms. The summed E-state index contributed by atoms with van der Waals surface area (Å²) in [6.45, 7) is 8.07. The Morgan fingerprint density at radius 1 is 1.43 bits per heavy atom. The molecule has 3 rings (SSSR count). The second-order valence-electron chi connectivity index (χ2n) is 6.23. The molecular formula is C18H22N2O2S. The lowest BCUT2D eigenvalue weighted by atomic mass is 10.1. The predicted molar refractivity (Wildman–Crippen MR) is 92.0 cm³/mol. The highest BCUT2D eigenvalue weighted by Gasteiger charge is 2.27. The van der Waals surface area contributed by atoms with Crippen LogP contribution in [0.3, 0.4) is 0 Å². The monoisotopic (exact) mass is 330 g/mol. The third-order valence-corrected chi connectivity index (χ3v) is 5.32. The van der Waals surface area contributed by atoms with E-state index in [0.29, 0.717) is 25.6 Å². The smallest absolute Gasteiger partial charge is 0.254 e. The van der Waals surface area contributed by atoms with Crippen LogP contribution in [-0.4, -0.2) is 35.5 Å². The van der Waals surface area contributed by atoms with E-state index in [0.717, 1.165) is 16.8 Å². The van der Waals surface area contributed by atoms with Crippen LogP contribution in [0.4, 0.5) is 0 Å². The van der Waals surface area contributed by atoms with Gasteiger partial charge in [0.1, 0.15) is 6.10 Å². The van der Waals surface area contributed by atoms with Crippen LogP contribution in [0.25, 0.3) is 0 Å². The van der Waals surface area contributed by atoms with Crippen molar-refractivity contribution in [2.75, 3.05) is 19.7 Å². The van der Waals surface area contributed by atoms with Crippen LogP contribution in [0.2, 0.25) is 0 Å². The number of thiophene rings is 1. The maximum atomic E-state index is 12.7. The number of amides is 1. The van der Waals surface area contributed by atoms with Gasteiger partial charge >= 0.3 is 0 Å². The lowest BCUT2D eigenvalue weighted by Gasteiger charge is -2.33. The lowest BCUT2D eigenvalue weighted by molar-refractivity contribution is -0.0228. The maximum Gasteiger partial charge on any atom is 0.254 e. The highest BCUT2D eigenvalue weighted by molar-refractivity contribution is 7.10. The maximum absolute atomic E-state index is 12.7. The standard InChI is InChI=1S/C18H22N2O2S/c1-12(2)17-9-15(11-23-17)18(21)20-6-7-22-16(10-20)14-4-5-19-13(3)8-14/h4-5,8-9,11-12,16H,6-7,10H2,1-3H3/t16-/m1/s1. The summed E-state index contributed by atoms with van der Waals surface area (Å²) >= 11 is 1.66. The van der Waals surface area contributed by atoms with E-state index in [1.807, 2.05) is 35.4 Å². The van der Waals surface area contributed by atoms with Gasteiger partial charge in [-0.25, -0.2) is 0 Å². The third kappa shape index (κ3) is 3.62. The van der Waals surface area contributed by atoms with Gasteiger partial charge in [-0.1, -0.05) is 13.8 Å². The van der Waals surface area contributed by atoms with E-state index in [-0.39, 0.29) is 12.0 Å². The number of nitrogens with zero attached hydrogens (tertiary/aromatic N) is 2. The molecule has 1 amide bonds. The number of hydrogen-bond donors (Lipinski definition) is 0. The van der Waals surface area contributed by atoms with Gasteiger partial charge in [-0.15, -0.1) is 11.3 Å². The van der Waals surface area contributed by atoms with Crippen LogP contribution < -0.4 is 0 Å². The number of hydrogen-bond acceptors (Lipinski definition) is 4. The number of aryl methyl sites for hydroxylation is 1. The van der Waals surface area contributed by atoms with Crippen molar-refractivity contribution in [3.8, 4) is 0 Å². The Morgan fingerprint density at radius 3 is 2.96 bits per heavy atom. The molecule has 5 heteroatoms. The molecule has 2 aromatic rings. The average Bonchev–Trinajstić information content (AvgIpc) is 3.04. The zero-order valence-corrected chi connectivity index (χ0v) is 14.6. The molecule has 1 aliphatic rings. The molecule has 0 bridgehead atoms. The van der Waals surface area contributed by atoms with Crippen LogP contribution in [0.15, 0.2) is 29.8 Å². The molecule has 0 spiro atoms. The number of rotatable bonds is 3. The zero-order valence-electron chi connectivity index (χ0n) is 13.8. The van der Waals surface area contributed by atoms with E-state index in [1.54, 1.807) is 17.5 Å². The van der Waals surface area contributed by atoms with E-state index in [9.17, 15) is 4.79 Å². The van der Waals surface area contributed by atoms with Crippen LogP contribution >= 0.6 is 11.3 Å². The van der Waals surface area contributed by atoms with E-state index in [1.165, 1.54) is 4.88 Å². The van der Waals surface area contributed by atoms with Gasteiger partial charge in [0.05, 0.1) is 18.7 Å². The molecule has 1 saturated heterocycles. The van der Waals surface area contributed by atoms with Crippen molar-refractivity contribution in [2.45, 2.75) is 32.8 Å². The molecule has 1 fully saturated rings. The number of pyridine rings is 1. The summed E-state index contributed by atoms with van der Waals surface area (Å²) in [6, 6.07) is 6.02. The highest BCUT2D eigenvalue weighted by atomic mass is 32.1. The van der Waals surface area contributed by atoms with Gasteiger partial charge in [-0.3, -0.25) is 9.78 Å². The number of ether oxygens (including phenoxy) is 1. The summed E-state index contributed by atoms with van der Waals surface area (Å²) in [4.78, 5) is 20.1. The minimum absolute atomic E-state index is 0.0717. The molecule has 1 atom stereocenters. The predicted octanol–water partition coefficient (Wildman–Crippen LogP) is 3.79. The second kappa shape index (κ2) is 6.81. The zero-order chi connectivity index (χ0) is 16.4. The van der Waals surface area contributed by atoms with Crippen molar-refractivity contribution in [2.24, 2.45) is 0 Å². The lowest BCUT2D eigenvalue weighted by Crippen LogP contribution is -2.42. The summed E-state index contributed by atoms with van der Waals surface area (Å²) in [5.41, 5.74) is 2.85. The van der Waals surface area contributed by atoms with Gasteiger partial charge in [0.25, 0.3) is 5.91 Å². The van der Waals surface area contributed by atoms with E-state index < -0.39 is 0 Å². The first kappa shape index (κ1) is 16.1. The minimum Gasteiger partial charge on any atom is -0.370 e. The Kier molecular flexibility index (Phi) is 4.78. The van der Waals surface area contributed by atoms with E-state index in [4.69, 9.17) is 4.74 Å². The Morgan fingerprint density at radius 2 is 2.26 bits per heavy atom. The topological polar surface area (TPSA) is 42.4 Å². The Balaban J connectivity index is 1.73. The second-order valence-corrected chi connectivity index (χ2v) is 7.18. The van der Waals surface area contributed by atoms with Crippen LogP contribution in [0.1, 0.15) is 52.4 Å². The fourth-order valence-electron chi connectivity index (χ4n) is 2.75. The Bertz CT molecular complexity index is 696. The van der Waals surface area contributed by atoms with Crippen molar-refractivity contribution >= 4 is 17.2 Å². The number of aromatic nitrogens is 1. The van der Waals surface area contributed by atoms with Gasteiger partial charge < -0.3 is 9.64 Å². The molecule has 3 heterocycles. The van der Waals surface area contributed by atoms with E-state index in [2.05, 4.69) is 18.8 Å². The quantitative estimate of drug-likeness (QED) is 0.860. The average molecular weight is 330 g/mol. The van der Waals surface area contributed by atoms with Gasteiger partial charge in [-0.2, -0.15) is 0 Å². The molecule has 0 aliphatic carbocycles. The third-order valence-electron chi connectivity index (χ3n) is 4.08. The minimum atomic E-state index is -0.0717. The summed E-state index contributed by atoms with van der Waals surface area (Å²) in [6.07, 6.45) is 1.72. The molecule has 4 nitrogen and oxygen atoms in total. The molecular weight excluding hydrogens is 308 g/mol. The fourth-order valence-corrected chi connectivity index (χ4v) is 3.65. The van der Waals surface area contributed by atoms with Gasteiger partial charge in [-0.05, 0) is 36.6 Å². The summed E-state index contributed by atoms with van der Waals surface area (Å²) in [5.74, 6) is 0.561. The summed E-state index contributed by atoms with van der Waals surface area (Å²) in [7, 11) is 0.